The van der Waals surface area contributed by atoms with E-state index in [0.717, 1.165) is 64.5 Å². The van der Waals surface area contributed by atoms with E-state index in [2.05, 4.69) is 15.8 Å². The van der Waals surface area contributed by atoms with Crippen molar-refractivity contribution < 1.29 is 14.1 Å². The largest absolute Gasteiger partial charge is 0.444 e. The summed E-state index contributed by atoms with van der Waals surface area (Å²) >= 11 is 0. The first-order valence-corrected chi connectivity index (χ1v) is 10.6. The molecule has 0 bridgehead atoms. The Labute approximate surface area is 182 Å². The van der Waals surface area contributed by atoms with Gasteiger partial charge in [-0.05, 0) is 72.1 Å². The molecule has 0 aliphatic rings. The lowest BCUT2D eigenvalue weighted by atomic mass is 10.0. The third kappa shape index (κ3) is 5.93. The minimum absolute atomic E-state index is 0.382. The van der Waals surface area contributed by atoms with Crippen LogP contribution >= 0.6 is 0 Å². The summed E-state index contributed by atoms with van der Waals surface area (Å²) in [5.41, 5.74) is 4.92. The van der Waals surface area contributed by atoms with E-state index >= 15 is 0 Å². The molecule has 3 rings (SSSR count). The van der Waals surface area contributed by atoms with E-state index in [-0.39, 0.29) is 6.09 Å². The van der Waals surface area contributed by atoms with E-state index in [1.807, 2.05) is 59.7 Å². The van der Waals surface area contributed by atoms with Gasteiger partial charge in [-0.25, -0.2) is 14.8 Å². The molecule has 0 fully saturated rings. The fraction of sp³-hybridized carbons (Fsp3) is 0.478. The molecule has 8 nitrogen and oxygen atoms in total. The van der Waals surface area contributed by atoms with Crippen LogP contribution in [0.15, 0.2) is 22.7 Å². The second-order valence-electron chi connectivity index (χ2n) is 8.62. The molecule has 0 spiro atoms. The summed E-state index contributed by atoms with van der Waals surface area (Å²) in [6.45, 7) is 12.7. The SMILES string of the molecule is Cc1nc2cc(-c3c(C)noc3C)ccc2nc1NCCCCNC(=O)OC(C)(C)C. The summed E-state index contributed by atoms with van der Waals surface area (Å²) in [6.07, 6.45) is 1.35. The monoisotopic (exact) mass is 425 g/mol. The van der Waals surface area contributed by atoms with Gasteiger partial charge in [0.05, 0.1) is 22.4 Å². The molecule has 0 unspecified atom stereocenters. The number of carbonyl (C=O) groups is 1. The number of carbonyl (C=O) groups excluding carboxylic acids is 1. The Morgan fingerprint density at radius 1 is 1.03 bits per heavy atom. The lowest BCUT2D eigenvalue weighted by Gasteiger charge is -2.19. The van der Waals surface area contributed by atoms with Crippen LogP contribution in [0.5, 0.6) is 0 Å². The summed E-state index contributed by atoms with van der Waals surface area (Å²) < 4.78 is 10.5. The van der Waals surface area contributed by atoms with E-state index in [9.17, 15) is 4.79 Å². The predicted molar refractivity (Wildman–Crippen MR) is 121 cm³/mol. The van der Waals surface area contributed by atoms with Gasteiger partial charge in [0.2, 0.25) is 0 Å². The van der Waals surface area contributed by atoms with Crippen LogP contribution in [0.25, 0.3) is 22.2 Å². The maximum Gasteiger partial charge on any atom is 0.407 e. The lowest BCUT2D eigenvalue weighted by molar-refractivity contribution is 0.0527. The number of benzene rings is 1. The molecule has 166 valence electrons. The van der Waals surface area contributed by atoms with Crippen LogP contribution in [0, 0.1) is 20.8 Å². The topological polar surface area (TPSA) is 102 Å². The van der Waals surface area contributed by atoms with Crippen molar-refractivity contribution in [1.82, 2.24) is 20.4 Å². The molecule has 8 heteroatoms. The Morgan fingerprint density at radius 2 is 1.77 bits per heavy atom. The number of ether oxygens (including phenoxy) is 1. The van der Waals surface area contributed by atoms with Crippen molar-refractivity contribution in [2.45, 2.75) is 60.0 Å². The summed E-state index contributed by atoms with van der Waals surface area (Å²) in [5, 5.41) is 10.2. The van der Waals surface area contributed by atoms with Gasteiger partial charge in [-0.3, -0.25) is 0 Å². The fourth-order valence-corrected chi connectivity index (χ4v) is 3.32. The van der Waals surface area contributed by atoms with Gasteiger partial charge < -0.3 is 19.9 Å². The highest BCUT2D eigenvalue weighted by Gasteiger charge is 2.15. The quantitative estimate of drug-likeness (QED) is 0.518. The van der Waals surface area contributed by atoms with Gasteiger partial charge in [0, 0.05) is 18.7 Å². The first kappa shape index (κ1) is 22.5. The number of alkyl carbamates (subject to hydrolysis) is 1. The molecule has 0 aliphatic carbocycles. The number of anilines is 1. The lowest BCUT2D eigenvalue weighted by Crippen LogP contribution is -2.33. The van der Waals surface area contributed by atoms with E-state index in [1.165, 1.54) is 0 Å². The molecule has 1 aromatic carbocycles. The molecular weight excluding hydrogens is 394 g/mol. The molecule has 1 amide bonds. The number of aryl methyl sites for hydroxylation is 3. The van der Waals surface area contributed by atoms with Gasteiger partial charge in [-0.2, -0.15) is 0 Å². The van der Waals surface area contributed by atoms with Crippen LogP contribution in [0.4, 0.5) is 10.6 Å². The number of aromatic nitrogens is 3. The number of amides is 1. The van der Waals surface area contributed by atoms with E-state index in [0.29, 0.717) is 6.54 Å². The average molecular weight is 426 g/mol. The number of nitrogens with one attached hydrogen (secondary N) is 2. The third-order valence-corrected chi connectivity index (χ3v) is 4.72. The standard InChI is InChI=1S/C23H31N5O3/c1-14-20(16(3)31-28-14)17-9-10-18-19(13-17)26-15(2)21(27-18)24-11-7-8-12-25-22(29)30-23(4,5)6/h9-10,13H,7-8,11-12H2,1-6H3,(H,24,27)(H,25,29). The smallest absolute Gasteiger partial charge is 0.407 e. The molecule has 2 aromatic heterocycles. The molecule has 0 atom stereocenters. The van der Waals surface area contributed by atoms with Crippen LogP contribution in [0.2, 0.25) is 0 Å². The number of unbranched alkanes of at least 4 members (excludes halogenated alkanes) is 1. The zero-order valence-corrected chi connectivity index (χ0v) is 19.1. The number of hydrogen-bond acceptors (Lipinski definition) is 7. The molecule has 0 saturated heterocycles. The second kappa shape index (κ2) is 9.32. The average Bonchev–Trinajstić information content (AvgIpc) is 3.01. The van der Waals surface area contributed by atoms with E-state index < -0.39 is 5.60 Å². The van der Waals surface area contributed by atoms with Crippen LogP contribution in [-0.4, -0.2) is 39.9 Å². The Balaban J connectivity index is 1.55. The number of hydrogen-bond donors (Lipinski definition) is 2. The van der Waals surface area contributed by atoms with E-state index in [1.54, 1.807) is 0 Å². The number of rotatable bonds is 7. The fourth-order valence-electron chi connectivity index (χ4n) is 3.32. The van der Waals surface area contributed by atoms with E-state index in [4.69, 9.17) is 19.2 Å². The van der Waals surface area contributed by atoms with Gasteiger partial charge >= 0.3 is 6.09 Å². The highest BCUT2D eigenvalue weighted by molar-refractivity contribution is 5.83. The third-order valence-electron chi connectivity index (χ3n) is 4.72. The normalized spacial score (nSPS) is 11.5. The van der Waals surface area contributed by atoms with Crippen LogP contribution in [0.3, 0.4) is 0 Å². The van der Waals surface area contributed by atoms with Crippen molar-refractivity contribution in [2.75, 3.05) is 18.4 Å². The minimum Gasteiger partial charge on any atom is -0.444 e. The molecule has 0 radical (unpaired) electrons. The van der Waals surface area contributed by atoms with Crippen molar-refractivity contribution >= 4 is 22.9 Å². The zero-order valence-electron chi connectivity index (χ0n) is 19.1. The molecular formula is C23H31N5O3. The molecule has 2 heterocycles. The molecule has 31 heavy (non-hydrogen) atoms. The first-order valence-electron chi connectivity index (χ1n) is 10.6. The van der Waals surface area contributed by atoms with Crippen LogP contribution < -0.4 is 10.6 Å². The van der Waals surface area contributed by atoms with Gasteiger partial charge in [0.15, 0.2) is 0 Å². The molecule has 3 aromatic rings. The summed E-state index contributed by atoms with van der Waals surface area (Å²) in [5.74, 6) is 1.57. The van der Waals surface area contributed by atoms with Crippen molar-refractivity contribution in [1.29, 1.82) is 0 Å². The van der Waals surface area contributed by atoms with Crippen molar-refractivity contribution in [3.05, 3.63) is 35.3 Å². The van der Waals surface area contributed by atoms with Crippen molar-refractivity contribution in [3.8, 4) is 11.1 Å². The molecule has 2 N–H and O–H groups in total. The summed E-state index contributed by atoms with van der Waals surface area (Å²) in [7, 11) is 0. The van der Waals surface area contributed by atoms with Crippen molar-refractivity contribution in [2.24, 2.45) is 0 Å². The van der Waals surface area contributed by atoms with Crippen molar-refractivity contribution in [3.63, 3.8) is 0 Å². The Hall–Kier alpha value is -3.16. The maximum atomic E-state index is 11.6. The summed E-state index contributed by atoms with van der Waals surface area (Å²) in [4.78, 5) is 21.1. The predicted octanol–water partition coefficient (Wildman–Crippen LogP) is 4.93. The zero-order chi connectivity index (χ0) is 22.6. The maximum absolute atomic E-state index is 11.6. The Kier molecular flexibility index (Phi) is 6.77. The van der Waals surface area contributed by atoms with Gasteiger partial charge in [0.25, 0.3) is 0 Å². The second-order valence-corrected chi connectivity index (χ2v) is 8.62. The van der Waals surface area contributed by atoms with Gasteiger partial charge in [0.1, 0.15) is 17.2 Å². The van der Waals surface area contributed by atoms with Gasteiger partial charge in [-0.1, -0.05) is 11.2 Å². The molecule has 0 aliphatic heterocycles. The molecule has 0 saturated carbocycles. The first-order chi connectivity index (χ1) is 14.6. The number of nitrogens with zero attached hydrogens (tertiary/aromatic N) is 3. The van der Waals surface area contributed by atoms with Gasteiger partial charge in [-0.15, -0.1) is 0 Å². The minimum atomic E-state index is -0.480. The highest BCUT2D eigenvalue weighted by Crippen LogP contribution is 2.29. The summed E-state index contributed by atoms with van der Waals surface area (Å²) in [6, 6.07) is 6.01. The van der Waals surface area contributed by atoms with Crippen LogP contribution in [0.1, 0.15) is 50.8 Å². The Morgan fingerprint density at radius 3 is 2.45 bits per heavy atom. The van der Waals surface area contributed by atoms with Crippen LogP contribution in [-0.2, 0) is 4.74 Å². The highest BCUT2D eigenvalue weighted by atomic mass is 16.6. The Bertz CT molecular complexity index is 1050. The number of fused-ring (bicyclic) bond motifs is 1.